The Morgan fingerprint density at radius 1 is 0.915 bits per heavy atom. The number of carbonyl (C=O) groups excluding carboxylic acids is 2. The molecule has 3 aromatic carbocycles. The molecule has 3 aromatic rings. The number of nitrogens with one attached hydrogen (secondary N) is 1. The van der Waals surface area contributed by atoms with Crippen LogP contribution in [0.4, 0.5) is 5.69 Å². The number of amides is 2. The smallest absolute Gasteiger partial charge is 0.264 e. The standard InChI is InChI=1S/C36H47N3O7S/c1-6-32(36(41)37-28-15-9-8-10-16-28)38(24-27-14-12-11-13-26(27)3)35(40)25-39(29-17-19-30(20-18-29)46-7-2)47(42,43)31-21-22-33(44-4)34(23-31)45-5/h11-14,17-23,28,32H,6-10,15-16,24-25H2,1-5H3,(H,37,41). The third-order valence-electron chi connectivity index (χ3n) is 8.60. The highest BCUT2D eigenvalue weighted by atomic mass is 32.2. The van der Waals surface area contributed by atoms with E-state index in [-0.39, 0.29) is 34.8 Å². The Morgan fingerprint density at radius 2 is 1.60 bits per heavy atom. The third-order valence-corrected chi connectivity index (χ3v) is 10.4. The molecule has 1 saturated carbocycles. The lowest BCUT2D eigenvalue weighted by molar-refractivity contribution is -0.140. The van der Waals surface area contributed by atoms with Crippen LogP contribution in [0.1, 0.15) is 63.5 Å². The van der Waals surface area contributed by atoms with Gasteiger partial charge in [0.15, 0.2) is 11.5 Å². The average molecular weight is 666 g/mol. The first kappa shape index (κ1) is 35.6. The van der Waals surface area contributed by atoms with E-state index in [0.717, 1.165) is 47.5 Å². The highest BCUT2D eigenvalue weighted by Crippen LogP contribution is 2.33. The van der Waals surface area contributed by atoms with Crippen molar-refractivity contribution in [3.63, 3.8) is 0 Å². The fourth-order valence-electron chi connectivity index (χ4n) is 5.94. The number of anilines is 1. The molecule has 1 aliphatic carbocycles. The first-order valence-corrected chi connectivity index (χ1v) is 17.7. The number of carbonyl (C=O) groups is 2. The van der Waals surface area contributed by atoms with Gasteiger partial charge in [-0.1, -0.05) is 50.5 Å². The molecule has 0 spiro atoms. The van der Waals surface area contributed by atoms with Crippen LogP contribution in [0.5, 0.6) is 17.2 Å². The van der Waals surface area contributed by atoms with Crippen molar-refractivity contribution in [2.75, 3.05) is 31.7 Å². The lowest BCUT2D eigenvalue weighted by Gasteiger charge is -2.34. The third kappa shape index (κ3) is 8.77. The summed E-state index contributed by atoms with van der Waals surface area (Å²) in [5.74, 6) is 0.443. The van der Waals surface area contributed by atoms with Crippen molar-refractivity contribution in [3.8, 4) is 17.2 Å². The normalized spacial score (nSPS) is 14.1. The maximum absolute atomic E-state index is 14.5. The van der Waals surface area contributed by atoms with E-state index in [1.807, 2.05) is 45.0 Å². The molecular weight excluding hydrogens is 618 g/mol. The van der Waals surface area contributed by atoms with Crippen molar-refractivity contribution >= 4 is 27.5 Å². The first-order chi connectivity index (χ1) is 22.6. The van der Waals surface area contributed by atoms with Crippen LogP contribution in [0.15, 0.2) is 71.6 Å². The minimum absolute atomic E-state index is 0.0616. The molecule has 4 rings (SSSR count). The van der Waals surface area contributed by atoms with Crippen LogP contribution < -0.4 is 23.8 Å². The second kappa shape index (κ2) is 16.5. The van der Waals surface area contributed by atoms with E-state index in [0.29, 0.717) is 24.5 Å². The lowest BCUT2D eigenvalue weighted by Crippen LogP contribution is -2.54. The Kier molecular flexibility index (Phi) is 12.5. The number of sulfonamides is 1. The SMILES string of the molecule is CCOc1ccc(N(CC(=O)N(Cc2ccccc2C)C(CC)C(=O)NC2CCCCC2)S(=O)(=O)c2ccc(OC)c(OC)c2)cc1. The number of nitrogens with zero attached hydrogens (tertiary/aromatic N) is 2. The molecule has 0 heterocycles. The summed E-state index contributed by atoms with van der Waals surface area (Å²) in [6.07, 6.45) is 5.43. The number of ether oxygens (including phenoxy) is 3. The monoisotopic (exact) mass is 665 g/mol. The Bertz CT molecular complexity index is 1610. The van der Waals surface area contributed by atoms with Gasteiger partial charge in [0, 0.05) is 18.7 Å². The van der Waals surface area contributed by atoms with E-state index in [1.165, 1.54) is 37.3 Å². The van der Waals surface area contributed by atoms with Gasteiger partial charge in [-0.25, -0.2) is 8.42 Å². The number of hydrogen-bond acceptors (Lipinski definition) is 7. The maximum atomic E-state index is 14.5. The van der Waals surface area contributed by atoms with Crippen LogP contribution >= 0.6 is 0 Å². The van der Waals surface area contributed by atoms with Crippen molar-refractivity contribution in [1.82, 2.24) is 10.2 Å². The van der Waals surface area contributed by atoms with Gasteiger partial charge in [0.05, 0.1) is 31.4 Å². The molecule has 47 heavy (non-hydrogen) atoms. The minimum atomic E-state index is -4.31. The van der Waals surface area contributed by atoms with E-state index in [9.17, 15) is 18.0 Å². The minimum Gasteiger partial charge on any atom is -0.494 e. The second-order valence-electron chi connectivity index (χ2n) is 11.7. The van der Waals surface area contributed by atoms with Crippen molar-refractivity contribution < 1.29 is 32.2 Å². The number of aryl methyl sites for hydroxylation is 1. The second-order valence-corrected chi connectivity index (χ2v) is 13.5. The van der Waals surface area contributed by atoms with Crippen molar-refractivity contribution in [2.45, 2.75) is 82.8 Å². The maximum Gasteiger partial charge on any atom is 0.264 e. The molecule has 11 heteroatoms. The molecule has 1 fully saturated rings. The topological polar surface area (TPSA) is 114 Å². The Balaban J connectivity index is 1.75. The molecule has 1 unspecified atom stereocenters. The fraction of sp³-hybridized carbons (Fsp3) is 0.444. The van der Waals surface area contributed by atoms with Crippen molar-refractivity contribution in [3.05, 3.63) is 77.9 Å². The highest BCUT2D eigenvalue weighted by Gasteiger charge is 2.35. The van der Waals surface area contributed by atoms with E-state index >= 15 is 0 Å². The predicted octanol–water partition coefficient (Wildman–Crippen LogP) is 5.86. The zero-order valence-corrected chi connectivity index (χ0v) is 28.8. The molecule has 1 N–H and O–H groups in total. The van der Waals surface area contributed by atoms with Gasteiger partial charge in [0.1, 0.15) is 18.3 Å². The summed E-state index contributed by atoms with van der Waals surface area (Å²) in [6.45, 7) is 5.74. The molecule has 0 aromatic heterocycles. The van der Waals surface area contributed by atoms with Gasteiger partial charge in [0.25, 0.3) is 10.0 Å². The van der Waals surface area contributed by atoms with Gasteiger partial charge in [-0.3, -0.25) is 13.9 Å². The molecule has 0 saturated heterocycles. The van der Waals surface area contributed by atoms with Crippen LogP contribution in [0.25, 0.3) is 0 Å². The summed E-state index contributed by atoms with van der Waals surface area (Å²) < 4.78 is 46.1. The van der Waals surface area contributed by atoms with Crippen molar-refractivity contribution in [2.24, 2.45) is 0 Å². The predicted molar refractivity (Wildman–Crippen MR) is 183 cm³/mol. The van der Waals surface area contributed by atoms with Gasteiger partial charge in [0.2, 0.25) is 11.8 Å². The molecule has 0 radical (unpaired) electrons. The molecule has 0 bridgehead atoms. The van der Waals surface area contributed by atoms with Gasteiger partial charge >= 0.3 is 0 Å². The van der Waals surface area contributed by atoms with Crippen LogP contribution in [-0.2, 0) is 26.2 Å². The number of methoxy groups -OCH3 is 2. The molecule has 10 nitrogen and oxygen atoms in total. The zero-order chi connectivity index (χ0) is 34.0. The summed E-state index contributed by atoms with van der Waals surface area (Å²) in [5.41, 5.74) is 2.11. The van der Waals surface area contributed by atoms with Gasteiger partial charge in [-0.05, 0) is 80.6 Å². The van der Waals surface area contributed by atoms with E-state index in [2.05, 4.69) is 5.32 Å². The van der Waals surface area contributed by atoms with Gasteiger partial charge < -0.3 is 24.4 Å². The number of benzene rings is 3. The molecule has 0 aliphatic heterocycles. The molecule has 1 aliphatic rings. The Hall–Kier alpha value is -4.25. The molecule has 1 atom stereocenters. The van der Waals surface area contributed by atoms with Crippen LogP contribution in [0, 0.1) is 6.92 Å². The summed E-state index contributed by atoms with van der Waals surface area (Å²) in [5, 5.41) is 3.18. The van der Waals surface area contributed by atoms with E-state index < -0.39 is 28.5 Å². The molecular formula is C36H47N3O7S. The summed E-state index contributed by atoms with van der Waals surface area (Å²) in [6, 6.07) is 17.8. The Labute approximate surface area is 279 Å². The molecule has 2 amide bonds. The number of rotatable bonds is 15. The summed E-state index contributed by atoms with van der Waals surface area (Å²) in [4.78, 5) is 29.7. The van der Waals surface area contributed by atoms with Gasteiger partial charge in [-0.15, -0.1) is 0 Å². The Morgan fingerprint density at radius 3 is 2.21 bits per heavy atom. The van der Waals surface area contributed by atoms with Gasteiger partial charge in [-0.2, -0.15) is 0 Å². The average Bonchev–Trinajstić information content (AvgIpc) is 3.08. The molecule has 254 valence electrons. The zero-order valence-electron chi connectivity index (χ0n) is 28.0. The summed E-state index contributed by atoms with van der Waals surface area (Å²) in [7, 11) is -1.42. The fourth-order valence-corrected chi connectivity index (χ4v) is 7.37. The van der Waals surface area contributed by atoms with Crippen molar-refractivity contribution in [1.29, 1.82) is 0 Å². The van der Waals surface area contributed by atoms with Crippen LogP contribution in [0.3, 0.4) is 0 Å². The lowest BCUT2D eigenvalue weighted by atomic mass is 9.95. The van der Waals surface area contributed by atoms with E-state index in [4.69, 9.17) is 14.2 Å². The van der Waals surface area contributed by atoms with E-state index in [1.54, 1.807) is 24.3 Å². The largest absolute Gasteiger partial charge is 0.494 e. The van der Waals surface area contributed by atoms with Crippen LogP contribution in [0.2, 0.25) is 0 Å². The number of hydrogen-bond donors (Lipinski definition) is 1. The quantitative estimate of drug-likeness (QED) is 0.216. The summed E-state index contributed by atoms with van der Waals surface area (Å²) >= 11 is 0. The first-order valence-electron chi connectivity index (χ1n) is 16.2. The van der Waals surface area contributed by atoms with Crippen LogP contribution in [-0.4, -0.2) is 64.6 Å². The highest BCUT2D eigenvalue weighted by molar-refractivity contribution is 7.92.